The monoisotopic (exact) mass is 536 g/mol. The third-order valence-electron chi connectivity index (χ3n) is 5.89. The van der Waals surface area contributed by atoms with Gasteiger partial charge in [-0.1, -0.05) is 61.7 Å². The van der Waals surface area contributed by atoms with Crippen LogP contribution in [-0.2, 0) is 20.7 Å². The number of nitrogens with zero attached hydrogens (tertiary/aromatic N) is 2. The zero-order valence-corrected chi connectivity index (χ0v) is 23.5. The first-order chi connectivity index (χ1) is 18.4. The van der Waals surface area contributed by atoms with Gasteiger partial charge >= 0.3 is 6.09 Å². The van der Waals surface area contributed by atoms with Gasteiger partial charge in [0.1, 0.15) is 30.0 Å². The predicted molar refractivity (Wildman–Crippen MR) is 149 cm³/mol. The van der Waals surface area contributed by atoms with Crippen molar-refractivity contribution < 1.29 is 24.2 Å². The molecule has 9 nitrogen and oxygen atoms in total. The molecule has 0 saturated heterocycles. The van der Waals surface area contributed by atoms with Crippen LogP contribution in [0.4, 0.5) is 4.79 Å². The molecule has 0 radical (unpaired) electrons. The smallest absolute Gasteiger partial charge is 0.408 e. The van der Waals surface area contributed by atoms with E-state index in [2.05, 4.69) is 17.6 Å². The minimum absolute atomic E-state index is 0.0545. The number of alkyl carbamates (subject to hydrolysis) is 1. The topological polar surface area (TPSA) is 132 Å². The molecule has 0 heterocycles. The standard InChI is InChI=1S/C30H40N4O5/c1-6-7-8-17-32-27(36)26(23-11-9-10-21(2)19-23)34(18-16-31)28(37)25(33-29(38)39-30(3,4)5)20-22-12-14-24(35)15-13-22/h9-15,19,25-26,35H,6-8,17-18,20H2,1-5H3,(H,32,36)(H,33,38). The first-order valence-corrected chi connectivity index (χ1v) is 13.2. The second-order valence-corrected chi connectivity index (χ2v) is 10.5. The number of ether oxygens (including phenoxy) is 1. The minimum Gasteiger partial charge on any atom is -0.508 e. The molecule has 0 spiro atoms. The number of unbranched alkanes of at least 4 members (excludes halogenated alkanes) is 2. The number of carbonyl (C=O) groups excluding carboxylic acids is 3. The number of nitrogens with one attached hydrogen (secondary N) is 2. The van der Waals surface area contributed by atoms with Gasteiger partial charge in [-0.15, -0.1) is 0 Å². The van der Waals surface area contributed by atoms with Crippen LogP contribution >= 0.6 is 0 Å². The van der Waals surface area contributed by atoms with Gasteiger partial charge in [0.25, 0.3) is 0 Å². The van der Waals surface area contributed by atoms with Gasteiger partial charge < -0.3 is 25.4 Å². The second-order valence-electron chi connectivity index (χ2n) is 10.5. The van der Waals surface area contributed by atoms with Crippen molar-refractivity contribution in [2.75, 3.05) is 13.1 Å². The zero-order chi connectivity index (χ0) is 29.0. The maximum absolute atomic E-state index is 14.1. The van der Waals surface area contributed by atoms with Crippen LogP contribution in [0.15, 0.2) is 48.5 Å². The quantitative estimate of drug-likeness (QED) is 0.270. The van der Waals surface area contributed by atoms with Gasteiger partial charge in [-0.2, -0.15) is 5.26 Å². The molecule has 3 amide bonds. The lowest BCUT2D eigenvalue weighted by Crippen LogP contribution is -2.54. The van der Waals surface area contributed by atoms with E-state index in [4.69, 9.17) is 4.74 Å². The van der Waals surface area contributed by atoms with E-state index in [0.717, 1.165) is 24.8 Å². The van der Waals surface area contributed by atoms with E-state index >= 15 is 0 Å². The fourth-order valence-electron chi connectivity index (χ4n) is 4.09. The van der Waals surface area contributed by atoms with Crippen LogP contribution in [0.3, 0.4) is 0 Å². The van der Waals surface area contributed by atoms with Crippen LogP contribution in [0.25, 0.3) is 0 Å². The SMILES string of the molecule is CCCCCNC(=O)C(c1cccc(C)c1)N(CC#N)C(=O)C(Cc1ccc(O)cc1)NC(=O)OC(C)(C)C. The number of aryl methyl sites for hydroxylation is 1. The maximum atomic E-state index is 14.1. The number of nitriles is 1. The summed E-state index contributed by atoms with van der Waals surface area (Å²) in [7, 11) is 0. The molecule has 39 heavy (non-hydrogen) atoms. The van der Waals surface area contributed by atoms with Crippen molar-refractivity contribution in [2.45, 2.75) is 78.0 Å². The Hall–Kier alpha value is -4.06. The number of carbonyl (C=O) groups is 3. The number of phenolic OH excluding ortho intramolecular Hbond substituents is 1. The summed E-state index contributed by atoms with van der Waals surface area (Å²) in [5.41, 5.74) is 1.32. The molecule has 2 aromatic rings. The normalized spacial score (nSPS) is 12.5. The number of benzene rings is 2. The third-order valence-corrected chi connectivity index (χ3v) is 5.89. The molecule has 0 bridgehead atoms. The van der Waals surface area contributed by atoms with E-state index in [-0.39, 0.29) is 18.7 Å². The highest BCUT2D eigenvalue weighted by atomic mass is 16.6. The Labute approximate surface area is 231 Å². The number of hydrogen-bond donors (Lipinski definition) is 3. The second kappa shape index (κ2) is 14.8. The van der Waals surface area contributed by atoms with Crippen LogP contribution in [0.5, 0.6) is 5.75 Å². The van der Waals surface area contributed by atoms with Crippen molar-refractivity contribution in [3.63, 3.8) is 0 Å². The van der Waals surface area contributed by atoms with Crippen LogP contribution < -0.4 is 10.6 Å². The summed E-state index contributed by atoms with van der Waals surface area (Å²) < 4.78 is 5.39. The number of aromatic hydroxyl groups is 1. The molecule has 2 aromatic carbocycles. The Morgan fingerprint density at radius 3 is 2.38 bits per heavy atom. The summed E-state index contributed by atoms with van der Waals surface area (Å²) in [4.78, 5) is 41.5. The largest absolute Gasteiger partial charge is 0.508 e. The Balaban J connectivity index is 2.48. The number of phenols is 1. The van der Waals surface area contributed by atoms with Crippen LogP contribution in [0, 0.1) is 18.3 Å². The first-order valence-electron chi connectivity index (χ1n) is 13.2. The van der Waals surface area contributed by atoms with Crippen LogP contribution in [-0.4, -0.2) is 52.6 Å². The van der Waals surface area contributed by atoms with Gasteiger partial charge in [0, 0.05) is 13.0 Å². The number of rotatable bonds is 12. The molecule has 0 fully saturated rings. The van der Waals surface area contributed by atoms with E-state index in [1.807, 2.05) is 25.1 Å². The van der Waals surface area contributed by atoms with Crippen molar-refractivity contribution in [1.29, 1.82) is 5.26 Å². The predicted octanol–water partition coefficient (Wildman–Crippen LogP) is 4.54. The summed E-state index contributed by atoms with van der Waals surface area (Å²) in [5, 5.41) is 24.9. The molecule has 210 valence electrons. The molecule has 2 rings (SSSR count). The summed E-state index contributed by atoms with van der Waals surface area (Å²) in [6, 6.07) is 13.3. The van der Waals surface area contributed by atoms with Gasteiger partial charge in [-0.05, 0) is 57.4 Å². The molecular weight excluding hydrogens is 496 g/mol. The lowest BCUT2D eigenvalue weighted by Gasteiger charge is -2.33. The molecule has 9 heteroatoms. The molecule has 0 saturated carbocycles. The highest BCUT2D eigenvalue weighted by Crippen LogP contribution is 2.24. The first kappa shape index (κ1) is 31.2. The molecule has 0 aliphatic rings. The van der Waals surface area contributed by atoms with Gasteiger partial charge in [0.2, 0.25) is 11.8 Å². The Morgan fingerprint density at radius 1 is 1.10 bits per heavy atom. The van der Waals surface area contributed by atoms with Crippen molar-refractivity contribution in [1.82, 2.24) is 15.5 Å². The van der Waals surface area contributed by atoms with Crippen molar-refractivity contribution in [3.05, 3.63) is 65.2 Å². The fourth-order valence-corrected chi connectivity index (χ4v) is 4.09. The van der Waals surface area contributed by atoms with E-state index in [1.165, 1.54) is 17.0 Å². The fraction of sp³-hybridized carbons (Fsp3) is 0.467. The van der Waals surface area contributed by atoms with Crippen molar-refractivity contribution in [3.8, 4) is 11.8 Å². The van der Waals surface area contributed by atoms with Gasteiger partial charge in [0.15, 0.2) is 0 Å². The van der Waals surface area contributed by atoms with Crippen LogP contribution in [0.1, 0.15) is 69.7 Å². The molecule has 2 atom stereocenters. The Morgan fingerprint density at radius 2 is 1.79 bits per heavy atom. The van der Waals surface area contributed by atoms with Gasteiger partial charge in [-0.25, -0.2) is 4.79 Å². The summed E-state index contributed by atoms with van der Waals surface area (Å²) in [6.07, 6.45) is 1.99. The molecule has 2 unspecified atom stereocenters. The average molecular weight is 537 g/mol. The zero-order valence-electron chi connectivity index (χ0n) is 23.5. The van der Waals surface area contributed by atoms with E-state index in [9.17, 15) is 24.8 Å². The van der Waals surface area contributed by atoms with Crippen molar-refractivity contribution in [2.24, 2.45) is 0 Å². The highest BCUT2D eigenvalue weighted by molar-refractivity contribution is 5.92. The van der Waals surface area contributed by atoms with Gasteiger partial charge in [0.05, 0.1) is 6.07 Å². The van der Waals surface area contributed by atoms with E-state index in [0.29, 0.717) is 17.7 Å². The summed E-state index contributed by atoms with van der Waals surface area (Å²) >= 11 is 0. The Bertz CT molecular complexity index is 1150. The molecule has 0 aliphatic heterocycles. The summed E-state index contributed by atoms with van der Waals surface area (Å²) in [5.74, 6) is -0.946. The van der Waals surface area contributed by atoms with Crippen LogP contribution in [0.2, 0.25) is 0 Å². The molecule has 0 aromatic heterocycles. The molecule has 0 aliphatic carbocycles. The maximum Gasteiger partial charge on any atom is 0.408 e. The average Bonchev–Trinajstić information content (AvgIpc) is 2.86. The van der Waals surface area contributed by atoms with Crippen molar-refractivity contribution >= 4 is 17.9 Å². The summed E-state index contributed by atoms with van der Waals surface area (Å²) in [6.45, 7) is 9.15. The highest BCUT2D eigenvalue weighted by Gasteiger charge is 2.36. The van der Waals surface area contributed by atoms with Gasteiger partial charge in [-0.3, -0.25) is 9.59 Å². The van der Waals surface area contributed by atoms with E-state index < -0.39 is 35.6 Å². The number of amides is 3. The third kappa shape index (κ3) is 10.3. The lowest BCUT2D eigenvalue weighted by molar-refractivity contribution is -0.141. The number of hydrogen-bond acceptors (Lipinski definition) is 6. The van der Waals surface area contributed by atoms with E-state index in [1.54, 1.807) is 45.0 Å². The molecule has 3 N–H and O–H groups in total. The minimum atomic E-state index is -1.14. The molecular formula is C30H40N4O5. The lowest BCUT2D eigenvalue weighted by atomic mass is 9.99. The Kier molecular flexibility index (Phi) is 11.8.